The Morgan fingerprint density at radius 1 is 1.11 bits per heavy atom. The van der Waals surface area contributed by atoms with E-state index in [1.54, 1.807) is 29.8 Å². The molecule has 36 heavy (non-hydrogen) atoms. The molecule has 2 N–H and O–H groups in total. The van der Waals surface area contributed by atoms with E-state index in [1.165, 1.54) is 34.3 Å². The predicted octanol–water partition coefficient (Wildman–Crippen LogP) is 5.03. The highest BCUT2D eigenvalue weighted by Crippen LogP contribution is 2.40. The maximum Gasteiger partial charge on any atom is 0.240 e. The van der Waals surface area contributed by atoms with Crippen LogP contribution in [0.15, 0.2) is 70.8 Å². The molecule has 5 rings (SSSR count). The summed E-state index contributed by atoms with van der Waals surface area (Å²) in [4.78, 5) is 24.1. The molecule has 2 aromatic carbocycles. The van der Waals surface area contributed by atoms with Gasteiger partial charge in [-0.1, -0.05) is 49.0 Å². The minimum atomic E-state index is -3.66. The molecular formula is C26H26N4O3S3. The Balaban J connectivity index is 1.20. The summed E-state index contributed by atoms with van der Waals surface area (Å²) >= 11 is 3.15. The zero-order valence-corrected chi connectivity index (χ0v) is 22.2. The van der Waals surface area contributed by atoms with Crippen molar-refractivity contribution in [3.05, 3.63) is 76.9 Å². The van der Waals surface area contributed by atoms with E-state index < -0.39 is 10.0 Å². The SMILES string of the molecule is C[C@@H]1CCc2c(sc3ncnc(SCC(=O)Nc4ccc(S(=O)(=O)NCc5ccccc5)cc4)c23)C1. The van der Waals surface area contributed by atoms with Crippen LogP contribution in [0.4, 0.5) is 5.69 Å². The van der Waals surface area contributed by atoms with Crippen LogP contribution in [0.25, 0.3) is 10.2 Å². The van der Waals surface area contributed by atoms with Crippen LogP contribution in [0.1, 0.15) is 29.3 Å². The van der Waals surface area contributed by atoms with Crippen molar-refractivity contribution in [1.29, 1.82) is 0 Å². The number of nitrogens with zero attached hydrogens (tertiary/aromatic N) is 2. The number of thiophene rings is 1. The van der Waals surface area contributed by atoms with Crippen molar-refractivity contribution in [1.82, 2.24) is 14.7 Å². The summed E-state index contributed by atoms with van der Waals surface area (Å²) in [5.74, 6) is 0.704. The van der Waals surface area contributed by atoms with Crippen LogP contribution in [0.3, 0.4) is 0 Å². The van der Waals surface area contributed by atoms with Crippen molar-refractivity contribution < 1.29 is 13.2 Å². The number of sulfonamides is 1. The molecule has 0 fully saturated rings. The summed E-state index contributed by atoms with van der Waals surface area (Å²) in [6.07, 6.45) is 4.83. The van der Waals surface area contributed by atoms with Crippen LogP contribution in [0.5, 0.6) is 0 Å². The molecule has 10 heteroatoms. The lowest BCUT2D eigenvalue weighted by Gasteiger charge is -2.18. The Bertz CT molecular complexity index is 1490. The smallest absolute Gasteiger partial charge is 0.240 e. The summed E-state index contributed by atoms with van der Waals surface area (Å²) in [6.45, 7) is 2.49. The number of carbonyl (C=O) groups excluding carboxylic acids is 1. The van der Waals surface area contributed by atoms with Crippen molar-refractivity contribution in [3.63, 3.8) is 0 Å². The van der Waals surface area contributed by atoms with Gasteiger partial charge in [-0.25, -0.2) is 23.1 Å². The highest BCUT2D eigenvalue weighted by atomic mass is 32.2. The van der Waals surface area contributed by atoms with Gasteiger partial charge in [-0.3, -0.25) is 4.79 Å². The molecule has 2 heterocycles. The molecule has 0 spiro atoms. The van der Waals surface area contributed by atoms with Gasteiger partial charge in [0, 0.05) is 22.5 Å². The van der Waals surface area contributed by atoms with Gasteiger partial charge >= 0.3 is 0 Å². The maximum atomic E-state index is 12.6. The van der Waals surface area contributed by atoms with Gasteiger partial charge in [0.1, 0.15) is 16.2 Å². The molecule has 0 bridgehead atoms. The van der Waals surface area contributed by atoms with Gasteiger partial charge in [0.15, 0.2) is 0 Å². The zero-order valence-electron chi connectivity index (χ0n) is 19.7. The molecule has 0 radical (unpaired) electrons. The second-order valence-corrected chi connectivity index (χ2v) is 12.7. The largest absolute Gasteiger partial charge is 0.325 e. The number of aryl methyl sites for hydroxylation is 1. The van der Waals surface area contributed by atoms with E-state index in [-0.39, 0.29) is 23.1 Å². The molecule has 0 saturated carbocycles. The number of anilines is 1. The average Bonchev–Trinajstić information content (AvgIpc) is 3.25. The van der Waals surface area contributed by atoms with E-state index in [1.807, 2.05) is 30.3 Å². The number of carbonyl (C=O) groups is 1. The summed E-state index contributed by atoms with van der Waals surface area (Å²) < 4.78 is 27.8. The number of nitrogens with one attached hydrogen (secondary N) is 2. The Morgan fingerprint density at radius 2 is 1.89 bits per heavy atom. The van der Waals surface area contributed by atoms with Gasteiger partial charge in [-0.2, -0.15) is 0 Å². The number of thioether (sulfide) groups is 1. The normalized spacial score (nSPS) is 15.5. The number of aromatic nitrogens is 2. The maximum absolute atomic E-state index is 12.6. The van der Waals surface area contributed by atoms with Crippen molar-refractivity contribution in [2.45, 2.75) is 42.7 Å². The average molecular weight is 539 g/mol. The van der Waals surface area contributed by atoms with Gasteiger partial charge in [-0.15, -0.1) is 11.3 Å². The number of amides is 1. The number of fused-ring (bicyclic) bond motifs is 3. The van der Waals surface area contributed by atoms with E-state index in [0.717, 1.165) is 40.1 Å². The first kappa shape index (κ1) is 24.9. The molecule has 0 saturated heterocycles. The molecular weight excluding hydrogens is 513 g/mol. The monoisotopic (exact) mass is 538 g/mol. The molecule has 7 nitrogen and oxygen atoms in total. The highest BCUT2D eigenvalue weighted by molar-refractivity contribution is 8.00. The van der Waals surface area contributed by atoms with E-state index >= 15 is 0 Å². The van der Waals surface area contributed by atoms with Crippen LogP contribution in [-0.4, -0.2) is 30.0 Å². The van der Waals surface area contributed by atoms with E-state index in [0.29, 0.717) is 11.6 Å². The quantitative estimate of drug-likeness (QED) is 0.241. The first-order chi connectivity index (χ1) is 17.4. The van der Waals surface area contributed by atoms with Crippen LogP contribution in [-0.2, 0) is 34.2 Å². The number of hydrogen-bond acceptors (Lipinski definition) is 7. The Morgan fingerprint density at radius 3 is 2.67 bits per heavy atom. The number of rotatable bonds is 8. The van der Waals surface area contributed by atoms with Crippen molar-refractivity contribution in [2.75, 3.05) is 11.1 Å². The second kappa shape index (κ2) is 10.7. The van der Waals surface area contributed by atoms with E-state index in [9.17, 15) is 13.2 Å². The fourth-order valence-electron chi connectivity index (χ4n) is 4.26. The second-order valence-electron chi connectivity index (χ2n) is 8.88. The Kier molecular flexibility index (Phi) is 7.38. The van der Waals surface area contributed by atoms with Crippen molar-refractivity contribution in [3.8, 4) is 0 Å². The number of benzene rings is 2. The molecule has 1 aliphatic carbocycles. The molecule has 1 amide bonds. The van der Waals surface area contributed by atoms with Crippen molar-refractivity contribution in [2.24, 2.45) is 5.92 Å². The van der Waals surface area contributed by atoms with Gasteiger partial charge in [0.25, 0.3) is 0 Å². The zero-order chi connectivity index (χ0) is 25.1. The third kappa shape index (κ3) is 5.62. The fourth-order valence-corrected chi connectivity index (χ4v) is 7.52. The van der Waals surface area contributed by atoms with Crippen molar-refractivity contribution >= 4 is 54.9 Å². The topological polar surface area (TPSA) is 101 Å². The van der Waals surface area contributed by atoms with Gasteiger partial charge < -0.3 is 5.32 Å². The minimum absolute atomic E-state index is 0.144. The lowest BCUT2D eigenvalue weighted by atomic mass is 9.89. The van der Waals surface area contributed by atoms with E-state index in [4.69, 9.17) is 0 Å². The lowest BCUT2D eigenvalue weighted by molar-refractivity contribution is -0.113. The first-order valence-electron chi connectivity index (χ1n) is 11.7. The Labute approximate surface area is 218 Å². The third-order valence-electron chi connectivity index (χ3n) is 6.15. The molecule has 4 aromatic rings. The third-order valence-corrected chi connectivity index (χ3v) is 9.72. The molecule has 1 atom stereocenters. The first-order valence-corrected chi connectivity index (χ1v) is 15.0. The predicted molar refractivity (Wildman–Crippen MR) is 145 cm³/mol. The number of hydrogen-bond donors (Lipinski definition) is 2. The standard InChI is InChI=1S/C26H26N4O3S3/c1-17-7-12-21-22(13-17)35-26-24(21)25(27-16-28-26)34-15-23(31)30-19-8-10-20(11-9-19)36(32,33)29-14-18-5-3-2-4-6-18/h2-6,8-11,16-17,29H,7,12-15H2,1H3,(H,30,31)/t17-/m1/s1. The molecule has 2 aromatic heterocycles. The summed E-state index contributed by atoms with van der Waals surface area (Å²) in [7, 11) is -3.66. The fraction of sp³-hybridized carbons (Fsp3) is 0.269. The highest BCUT2D eigenvalue weighted by Gasteiger charge is 2.23. The minimum Gasteiger partial charge on any atom is -0.325 e. The van der Waals surface area contributed by atoms with Crippen LogP contribution in [0.2, 0.25) is 0 Å². The molecule has 186 valence electrons. The lowest BCUT2D eigenvalue weighted by Crippen LogP contribution is -2.23. The molecule has 0 aliphatic heterocycles. The summed E-state index contributed by atoms with van der Waals surface area (Å²) in [5.41, 5.74) is 2.76. The van der Waals surface area contributed by atoms with Crippen LogP contribution >= 0.6 is 23.1 Å². The summed E-state index contributed by atoms with van der Waals surface area (Å²) in [5, 5.41) is 4.78. The van der Waals surface area contributed by atoms with Gasteiger partial charge in [0.05, 0.1) is 10.6 Å². The van der Waals surface area contributed by atoms with E-state index in [2.05, 4.69) is 26.9 Å². The van der Waals surface area contributed by atoms with Gasteiger partial charge in [-0.05, 0) is 60.6 Å². The molecule has 0 unspecified atom stereocenters. The Hall–Kier alpha value is -2.79. The molecule has 1 aliphatic rings. The summed E-state index contributed by atoms with van der Waals surface area (Å²) in [6, 6.07) is 15.5. The van der Waals surface area contributed by atoms with Crippen LogP contribution in [0, 0.1) is 5.92 Å². The van der Waals surface area contributed by atoms with Gasteiger partial charge in [0.2, 0.25) is 15.9 Å². The van der Waals surface area contributed by atoms with Crippen LogP contribution < -0.4 is 10.0 Å².